The maximum atomic E-state index is 12.6. The van der Waals surface area contributed by atoms with E-state index in [0.717, 1.165) is 17.2 Å². The standard InChI is InChI=1S/C16H16N6OS/c1-10-7-21(15(23)12-9-24-16(17)18-12)8-13-19-20-14(22(10)13)11-5-3-2-4-6-11/h2-6,9-10H,7-8H2,1H3,(H2,17,18)/t10-/m0/s1. The van der Waals surface area contributed by atoms with Gasteiger partial charge in [-0.3, -0.25) is 4.79 Å². The molecule has 24 heavy (non-hydrogen) atoms. The van der Waals surface area contributed by atoms with Crippen LogP contribution in [0.1, 0.15) is 29.3 Å². The third-order valence-corrected chi connectivity index (χ3v) is 4.76. The van der Waals surface area contributed by atoms with E-state index in [9.17, 15) is 4.79 Å². The highest BCUT2D eigenvalue weighted by Crippen LogP contribution is 2.28. The van der Waals surface area contributed by atoms with Crippen molar-refractivity contribution in [2.45, 2.75) is 19.5 Å². The number of nitrogens with zero attached hydrogens (tertiary/aromatic N) is 5. The molecule has 3 aromatic rings. The van der Waals surface area contributed by atoms with Crippen LogP contribution in [0.15, 0.2) is 35.7 Å². The normalized spacial score (nSPS) is 16.9. The summed E-state index contributed by atoms with van der Waals surface area (Å²) in [7, 11) is 0. The molecular weight excluding hydrogens is 324 g/mol. The van der Waals surface area contributed by atoms with Crippen molar-refractivity contribution in [3.05, 3.63) is 47.2 Å². The number of aromatic nitrogens is 4. The first-order valence-corrected chi connectivity index (χ1v) is 8.51. The van der Waals surface area contributed by atoms with Gasteiger partial charge in [0, 0.05) is 17.5 Å². The smallest absolute Gasteiger partial charge is 0.273 e. The van der Waals surface area contributed by atoms with Gasteiger partial charge >= 0.3 is 0 Å². The van der Waals surface area contributed by atoms with Gasteiger partial charge in [0.15, 0.2) is 16.8 Å². The van der Waals surface area contributed by atoms with Crippen molar-refractivity contribution in [2.75, 3.05) is 12.3 Å². The van der Waals surface area contributed by atoms with E-state index in [0.29, 0.717) is 23.9 Å². The molecule has 1 amide bonds. The summed E-state index contributed by atoms with van der Waals surface area (Å²) < 4.78 is 2.11. The van der Waals surface area contributed by atoms with E-state index in [1.165, 1.54) is 11.3 Å². The van der Waals surface area contributed by atoms with Crippen LogP contribution in [-0.4, -0.2) is 37.1 Å². The first-order valence-electron chi connectivity index (χ1n) is 7.63. The Balaban J connectivity index is 1.65. The van der Waals surface area contributed by atoms with Crippen molar-refractivity contribution in [3.8, 4) is 11.4 Å². The van der Waals surface area contributed by atoms with Gasteiger partial charge in [0.05, 0.1) is 12.6 Å². The number of hydrogen-bond donors (Lipinski definition) is 1. The minimum absolute atomic E-state index is 0.0823. The quantitative estimate of drug-likeness (QED) is 0.772. The maximum Gasteiger partial charge on any atom is 0.273 e. The molecule has 0 aliphatic carbocycles. The number of anilines is 1. The summed E-state index contributed by atoms with van der Waals surface area (Å²) in [5, 5.41) is 10.7. The second kappa shape index (κ2) is 5.72. The number of thiazole rings is 1. The van der Waals surface area contributed by atoms with Crippen molar-refractivity contribution in [1.82, 2.24) is 24.6 Å². The zero-order chi connectivity index (χ0) is 16.7. The fraction of sp³-hybridized carbons (Fsp3) is 0.250. The van der Waals surface area contributed by atoms with E-state index in [4.69, 9.17) is 5.73 Å². The number of benzene rings is 1. The molecule has 1 aromatic carbocycles. The van der Waals surface area contributed by atoms with Gasteiger partial charge in [-0.25, -0.2) is 4.98 Å². The largest absolute Gasteiger partial charge is 0.375 e. The molecule has 0 spiro atoms. The molecule has 2 N–H and O–H groups in total. The third kappa shape index (κ3) is 2.44. The topological polar surface area (TPSA) is 89.9 Å². The molecule has 0 fully saturated rings. The van der Waals surface area contributed by atoms with Crippen LogP contribution in [0.3, 0.4) is 0 Å². The number of carbonyl (C=O) groups is 1. The Kier molecular flexibility index (Phi) is 3.53. The number of rotatable bonds is 2. The minimum Gasteiger partial charge on any atom is -0.375 e. The van der Waals surface area contributed by atoms with Crippen LogP contribution < -0.4 is 5.73 Å². The molecule has 1 aliphatic heterocycles. The van der Waals surface area contributed by atoms with E-state index >= 15 is 0 Å². The van der Waals surface area contributed by atoms with E-state index < -0.39 is 0 Å². The molecule has 1 aliphatic rings. The van der Waals surface area contributed by atoms with Crippen LogP contribution in [0.5, 0.6) is 0 Å². The first-order chi connectivity index (χ1) is 11.6. The molecule has 3 heterocycles. The number of carbonyl (C=O) groups excluding carboxylic acids is 1. The van der Waals surface area contributed by atoms with Gasteiger partial charge in [-0.2, -0.15) is 0 Å². The Hall–Kier alpha value is -2.74. The molecule has 8 heteroatoms. The molecule has 0 saturated carbocycles. The lowest BCUT2D eigenvalue weighted by Gasteiger charge is -2.32. The summed E-state index contributed by atoms with van der Waals surface area (Å²) in [4.78, 5) is 18.4. The molecule has 0 radical (unpaired) electrons. The lowest BCUT2D eigenvalue weighted by atomic mass is 10.1. The highest BCUT2D eigenvalue weighted by molar-refractivity contribution is 7.13. The van der Waals surface area contributed by atoms with Crippen molar-refractivity contribution in [1.29, 1.82) is 0 Å². The van der Waals surface area contributed by atoms with Crippen molar-refractivity contribution in [3.63, 3.8) is 0 Å². The van der Waals surface area contributed by atoms with Crippen molar-refractivity contribution < 1.29 is 4.79 Å². The highest BCUT2D eigenvalue weighted by Gasteiger charge is 2.30. The minimum atomic E-state index is -0.120. The van der Waals surface area contributed by atoms with E-state index in [-0.39, 0.29) is 11.9 Å². The Morgan fingerprint density at radius 2 is 2.08 bits per heavy atom. The van der Waals surface area contributed by atoms with Gasteiger partial charge in [0.25, 0.3) is 5.91 Å². The Morgan fingerprint density at radius 1 is 1.29 bits per heavy atom. The lowest BCUT2D eigenvalue weighted by Crippen LogP contribution is -2.40. The fourth-order valence-electron chi connectivity index (χ4n) is 3.02. The SMILES string of the molecule is C[C@H]1CN(C(=O)c2csc(N)n2)Cc2nnc(-c3ccccc3)n21. The van der Waals surface area contributed by atoms with Gasteiger partial charge in [-0.05, 0) is 6.92 Å². The zero-order valence-corrected chi connectivity index (χ0v) is 13.9. The van der Waals surface area contributed by atoms with Crippen LogP contribution in [0, 0.1) is 0 Å². The highest BCUT2D eigenvalue weighted by atomic mass is 32.1. The number of hydrogen-bond acceptors (Lipinski definition) is 6. The predicted molar refractivity (Wildman–Crippen MR) is 91.4 cm³/mol. The molecule has 7 nitrogen and oxygen atoms in total. The molecule has 0 saturated heterocycles. The number of fused-ring (bicyclic) bond motifs is 1. The molecule has 0 bridgehead atoms. The molecular formula is C16H16N6OS. The average Bonchev–Trinajstić information content (AvgIpc) is 3.21. The fourth-order valence-corrected chi connectivity index (χ4v) is 3.55. The van der Waals surface area contributed by atoms with Gasteiger partial charge in [-0.15, -0.1) is 21.5 Å². The molecule has 4 rings (SSSR count). The molecule has 1 atom stereocenters. The average molecular weight is 340 g/mol. The van der Waals surface area contributed by atoms with Gasteiger partial charge in [0.1, 0.15) is 5.69 Å². The van der Waals surface area contributed by atoms with E-state index in [1.807, 2.05) is 30.3 Å². The number of amides is 1. The number of nitrogen functional groups attached to an aromatic ring is 1. The summed E-state index contributed by atoms with van der Waals surface area (Å²) in [5.74, 6) is 1.50. The van der Waals surface area contributed by atoms with Crippen LogP contribution in [0.25, 0.3) is 11.4 Å². The monoisotopic (exact) mass is 340 g/mol. The summed E-state index contributed by atoms with van der Waals surface area (Å²) in [6, 6.07) is 10.0. The van der Waals surface area contributed by atoms with Crippen LogP contribution in [0.2, 0.25) is 0 Å². The van der Waals surface area contributed by atoms with Gasteiger partial charge in [-0.1, -0.05) is 30.3 Å². The Labute approximate surface area is 142 Å². The van der Waals surface area contributed by atoms with Crippen LogP contribution in [0.4, 0.5) is 5.13 Å². The second-order valence-corrected chi connectivity index (χ2v) is 6.67. The van der Waals surface area contributed by atoms with Crippen molar-refractivity contribution in [2.24, 2.45) is 0 Å². The Morgan fingerprint density at radius 3 is 2.79 bits per heavy atom. The summed E-state index contributed by atoms with van der Waals surface area (Å²) in [5.41, 5.74) is 7.04. The number of nitrogens with two attached hydrogens (primary N) is 1. The van der Waals surface area contributed by atoms with Crippen molar-refractivity contribution >= 4 is 22.4 Å². The second-order valence-electron chi connectivity index (χ2n) is 5.78. The summed E-state index contributed by atoms with van der Waals surface area (Å²) in [6.07, 6.45) is 0. The predicted octanol–water partition coefficient (Wildman–Crippen LogP) is 2.20. The maximum absolute atomic E-state index is 12.6. The molecule has 122 valence electrons. The van der Waals surface area contributed by atoms with Gasteiger partial charge < -0.3 is 15.2 Å². The van der Waals surface area contributed by atoms with Crippen LogP contribution >= 0.6 is 11.3 Å². The third-order valence-electron chi connectivity index (χ3n) is 4.08. The summed E-state index contributed by atoms with van der Waals surface area (Å²) in [6.45, 7) is 3.07. The Bertz CT molecular complexity index is 887. The first kappa shape index (κ1) is 14.8. The summed E-state index contributed by atoms with van der Waals surface area (Å²) >= 11 is 1.27. The zero-order valence-electron chi connectivity index (χ0n) is 13.1. The molecule has 0 unspecified atom stereocenters. The van der Waals surface area contributed by atoms with E-state index in [1.54, 1.807) is 10.3 Å². The van der Waals surface area contributed by atoms with Crippen LogP contribution in [-0.2, 0) is 6.54 Å². The molecule has 2 aromatic heterocycles. The van der Waals surface area contributed by atoms with Gasteiger partial charge in [0.2, 0.25) is 0 Å². The van der Waals surface area contributed by atoms with E-state index in [2.05, 4.69) is 26.7 Å². The lowest BCUT2D eigenvalue weighted by molar-refractivity contribution is 0.0677.